The Morgan fingerprint density at radius 2 is 1.65 bits per heavy atom. The van der Waals surface area contributed by atoms with Gasteiger partial charge in [-0.25, -0.2) is 4.79 Å². The molecule has 7 heteroatoms. The number of H-pyrrole nitrogens is 1. The fourth-order valence-electron chi connectivity index (χ4n) is 4.06. The first-order valence-electron chi connectivity index (χ1n) is 12.0. The molecule has 7 nitrogen and oxygen atoms in total. The lowest BCUT2D eigenvalue weighted by Gasteiger charge is -2.16. The molecule has 1 aromatic heterocycles. The summed E-state index contributed by atoms with van der Waals surface area (Å²) in [4.78, 5) is 40.9. The molecule has 0 unspecified atom stereocenters. The number of aromatic amines is 1. The maximum Gasteiger partial charge on any atom is 0.328 e. The molecule has 4 aromatic rings. The second kappa shape index (κ2) is 11.9. The lowest BCUT2D eigenvalue weighted by molar-refractivity contribution is -0.142. The molecule has 188 valence electrons. The van der Waals surface area contributed by atoms with Crippen LogP contribution >= 0.6 is 0 Å². The van der Waals surface area contributed by atoms with Crippen molar-refractivity contribution in [3.05, 3.63) is 113 Å². The fraction of sp³-hybridized carbons (Fsp3) is 0.167. The van der Waals surface area contributed by atoms with Crippen LogP contribution in [0.25, 0.3) is 17.0 Å². The Labute approximate surface area is 215 Å². The van der Waals surface area contributed by atoms with Gasteiger partial charge >= 0.3 is 5.97 Å². The summed E-state index contributed by atoms with van der Waals surface area (Å²) in [5.41, 5.74) is 4.69. The summed E-state index contributed by atoms with van der Waals surface area (Å²) < 4.78 is 4.93. The Morgan fingerprint density at radius 3 is 2.38 bits per heavy atom. The molecule has 1 atom stereocenters. The summed E-state index contributed by atoms with van der Waals surface area (Å²) in [5, 5.41) is 6.67. The molecule has 0 fully saturated rings. The van der Waals surface area contributed by atoms with E-state index in [-0.39, 0.29) is 11.8 Å². The van der Waals surface area contributed by atoms with Crippen LogP contribution in [-0.4, -0.2) is 35.9 Å². The lowest BCUT2D eigenvalue weighted by Crippen LogP contribution is -2.43. The number of para-hydroxylation sites is 1. The number of hydrogen-bond donors (Lipinski definition) is 3. The zero-order valence-corrected chi connectivity index (χ0v) is 20.8. The third-order valence-electron chi connectivity index (χ3n) is 6.10. The van der Waals surface area contributed by atoms with Crippen molar-refractivity contribution >= 4 is 34.8 Å². The summed E-state index contributed by atoms with van der Waals surface area (Å²) in [5.74, 6) is -1.06. The highest BCUT2D eigenvalue weighted by atomic mass is 16.5. The summed E-state index contributed by atoms with van der Waals surface area (Å²) >= 11 is 0. The molecule has 37 heavy (non-hydrogen) atoms. The van der Waals surface area contributed by atoms with E-state index in [2.05, 4.69) is 15.6 Å². The molecule has 4 rings (SSSR count). The molecule has 3 N–H and O–H groups in total. The van der Waals surface area contributed by atoms with Gasteiger partial charge in [-0.05, 0) is 47.9 Å². The maximum absolute atomic E-state index is 12.9. The van der Waals surface area contributed by atoms with Crippen molar-refractivity contribution in [1.82, 2.24) is 15.6 Å². The van der Waals surface area contributed by atoms with Gasteiger partial charge in [0.1, 0.15) is 6.04 Å². The topological polar surface area (TPSA) is 100 Å². The molecule has 1 heterocycles. The van der Waals surface area contributed by atoms with Gasteiger partial charge in [0, 0.05) is 41.2 Å². The Morgan fingerprint density at radius 1 is 0.946 bits per heavy atom. The monoisotopic (exact) mass is 495 g/mol. The zero-order chi connectivity index (χ0) is 26.2. The molecule has 0 aliphatic rings. The highest BCUT2D eigenvalue weighted by Gasteiger charge is 2.24. The predicted octanol–water partition coefficient (Wildman–Crippen LogP) is 4.40. The highest BCUT2D eigenvalue weighted by molar-refractivity contribution is 5.98. The first-order valence-corrected chi connectivity index (χ1v) is 12.0. The van der Waals surface area contributed by atoms with Crippen LogP contribution in [-0.2, 0) is 27.3 Å². The van der Waals surface area contributed by atoms with Crippen LogP contribution in [0.4, 0.5) is 0 Å². The summed E-state index contributed by atoms with van der Waals surface area (Å²) in [6.07, 6.45) is 3.96. The molecule has 2 amide bonds. The van der Waals surface area contributed by atoms with Gasteiger partial charge < -0.3 is 20.4 Å². The standard InChI is InChI=1S/C30H29N3O4/c1-20(16-21-8-4-3-5-9-21)28(34)32-18-22-12-14-23(15-13-22)29(35)33-27(30(36)37-2)17-24-19-31-26-11-7-6-10-25(24)26/h3-16,19,27,31H,17-18H2,1-2H3,(H,32,34)(H,33,35)/b20-16+/t27-/m0/s1. The van der Waals surface area contributed by atoms with E-state index >= 15 is 0 Å². The number of fused-ring (bicyclic) bond motifs is 1. The van der Waals surface area contributed by atoms with Crippen molar-refractivity contribution in [1.29, 1.82) is 0 Å². The Bertz CT molecular complexity index is 1420. The number of nitrogens with one attached hydrogen (secondary N) is 3. The Kier molecular flexibility index (Phi) is 8.15. The molecule has 0 aliphatic carbocycles. The first-order chi connectivity index (χ1) is 17.9. The van der Waals surface area contributed by atoms with Crippen LogP contribution in [0.15, 0.2) is 90.6 Å². The third kappa shape index (κ3) is 6.52. The van der Waals surface area contributed by atoms with E-state index in [0.717, 1.165) is 27.6 Å². The number of carbonyl (C=O) groups excluding carboxylic acids is 3. The normalized spacial score (nSPS) is 12.1. The van der Waals surface area contributed by atoms with Crippen LogP contribution in [0, 0.1) is 0 Å². The third-order valence-corrected chi connectivity index (χ3v) is 6.10. The van der Waals surface area contributed by atoms with Gasteiger partial charge in [0.25, 0.3) is 5.91 Å². The van der Waals surface area contributed by atoms with Crippen molar-refractivity contribution in [3.8, 4) is 0 Å². The smallest absolute Gasteiger partial charge is 0.328 e. The fourth-order valence-corrected chi connectivity index (χ4v) is 4.06. The van der Waals surface area contributed by atoms with Gasteiger partial charge in [-0.1, -0.05) is 60.7 Å². The molecule has 0 saturated carbocycles. The van der Waals surface area contributed by atoms with Gasteiger partial charge in [-0.3, -0.25) is 9.59 Å². The molecular weight excluding hydrogens is 466 g/mol. The average molecular weight is 496 g/mol. The molecule has 0 aliphatic heterocycles. The van der Waals surface area contributed by atoms with Crippen LogP contribution in [0.1, 0.15) is 34.0 Å². The number of ether oxygens (including phenoxy) is 1. The molecule has 0 spiro atoms. The molecule has 3 aromatic carbocycles. The minimum Gasteiger partial charge on any atom is -0.467 e. The second-order valence-corrected chi connectivity index (χ2v) is 8.73. The van der Waals surface area contributed by atoms with Crippen LogP contribution in [0.2, 0.25) is 0 Å². The van der Waals surface area contributed by atoms with E-state index in [4.69, 9.17) is 4.74 Å². The summed E-state index contributed by atoms with van der Waals surface area (Å²) in [6.45, 7) is 2.09. The second-order valence-electron chi connectivity index (χ2n) is 8.73. The van der Waals surface area contributed by atoms with Gasteiger partial charge in [0.15, 0.2) is 0 Å². The minimum absolute atomic E-state index is 0.163. The zero-order valence-electron chi connectivity index (χ0n) is 20.8. The molecule has 0 saturated heterocycles. The number of rotatable bonds is 9. The Balaban J connectivity index is 1.36. The van der Waals surface area contributed by atoms with E-state index in [1.807, 2.05) is 66.9 Å². The molecular formula is C30H29N3O4. The van der Waals surface area contributed by atoms with Crippen molar-refractivity contribution in [2.45, 2.75) is 25.9 Å². The number of hydrogen-bond acceptors (Lipinski definition) is 4. The van der Waals surface area contributed by atoms with Gasteiger partial charge in [0.05, 0.1) is 7.11 Å². The average Bonchev–Trinajstić information content (AvgIpc) is 3.34. The lowest BCUT2D eigenvalue weighted by atomic mass is 10.0. The predicted molar refractivity (Wildman–Crippen MR) is 144 cm³/mol. The SMILES string of the molecule is COC(=O)[C@H](Cc1c[nH]c2ccccc12)NC(=O)c1ccc(CNC(=O)/C(C)=C/c2ccccc2)cc1. The van der Waals surface area contributed by atoms with Crippen molar-refractivity contribution < 1.29 is 19.1 Å². The number of aromatic nitrogens is 1. The van der Waals surface area contributed by atoms with E-state index in [9.17, 15) is 14.4 Å². The molecule has 0 radical (unpaired) electrons. The van der Waals surface area contributed by atoms with Crippen molar-refractivity contribution in [2.24, 2.45) is 0 Å². The summed E-state index contributed by atoms with van der Waals surface area (Å²) in [7, 11) is 1.30. The highest BCUT2D eigenvalue weighted by Crippen LogP contribution is 2.19. The van der Waals surface area contributed by atoms with Crippen LogP contribution in [0.3, 0.4) is 0 Å². The van der Waals surface area contributed by atoms with Gasteiger partial charge in [0.2, 0.25) is 5.91 Å². The van der Waals surface area contributed by atoms with E-state index < -0.39 is 12.0 Å². The number of benzene rings is 3. The number of carbonyl (C=O) groups is 3. The van der Waals surface area contributed by atoms with Crippen LogP contribution < -0.4 is 10.6 Å². The van der Waals surface area contributed by atoms with Gasteiger partial charge in [-0.15, -0.1) is 0 Å². The summed E-state index contributed by atoms with van der Waals surface area (Å²) in [6, 6.07) is 23.5. The van der Waals surface area contributed by atoms with Gasteiger partial charge in [-0.2, -0.15) is 0 Å². The van der Waals surface area contributed by atoms with Crippen molar-refractivity contribution in [3.63, 3.8) is 0 Å². The number of amides is 2. The quantitative estimate of drug-likeness (QED) is 0.237. The van der Waals surface area contributed by atoms with Crippen molar-refractivity contribution in [2.75, 3.05) is 7.11 Å². The maximum atomic E-state index is 12.9. The van der Waals surface area contributed by atoms with Crippen LogP contribution in [0.5, 0.6) is 0 Å². The van der Waals surface area contributed by atoms with E-state index in [1.54, 1.807) is 31.2 Å². The number of esters is 1. The molecule has 0 bridgehead atoms. The van der Waals surface area contributed by atoms with E-state index in [0.29, 0.717) is 24.1 Å². The largest absolute Gasteiger partial charge is 0.467 e. The number of methoxy groups -OCH3 is 1. The Hall–Kier alpha value is -4.65. The van der Waals surface area contributed by atoms with E-state index in [1.165, 1.54) is 7.11 Å². The first kappa shape index (κ1) is 25.4. The minimum atomic E-state index is -0.838.